The molecule has 0 amide bonds. The normalized spacial score (nSPS) is 46.8. The van der Waals surface area contributed by atoms with E-state index in [9.17, 15) is 0 Å². The van der Waals surface area contributed by atoms with Gasteiger partial charge in [0.25, 0.3) is 0 Å². The molecular formula is C8H15NO. The fourth-order valence-corrected chi connectivity index (χ4v) is 2.11. The van der Waals surface area contributed by atoms with Gasteiger partial charge in [0, 0.05) is 25.6 Å². The molecule has 0 spiro atoms. The molecule has 3 atom stereocenters. The second kappa shape index (κ2) is 2.21. The Balaban J connectivity index is 1.95. The Morgan fingerprint density at radius 3 is 3.00 bits per heavy atom. The summed E-state index contributed by atoms with van der Waals surface area (Å²) < 4.78 is 5.37. The van der Waals surface area contributed by atoms with Crippen molar-refractivity contribution in [1.82, 2.24) is 4.90 Å². The average Bonchev–Trinajstić information content (AvgIpc) is 2.68. The van der Waals surface area contributed by atoms with E-state index in [1.165, 1.54) is 19.4 Å². The monoisotopic (exact) mass is 141 g/mol. The summed E-state index contributed by atoms with van der Waals surface area (Å²) in [5.41, 5.74) is 0. The van der Waals surface area contributed by atoms with Gasteiger partial charge in [-0.05, 0) is 19.9 Å². The lowest BCUT2D eigenvalue weighted by molar-refractivity contribution is 0.0402. The van der Waals surface area contributed by atoms with Crippen molar-refractivity contribution < 1.29 is 4.74 Å². The number of ether oxygens (including phenoxy) is 1. The Morgan fingerprint density at radius 1 is 1.50 bits per heavy atom. The highest BCUT2D eigenvalue weighted by Crippen LogP contribution is 2.43. The van der Waals surface area contributed by atoms with Crippen molar-refractivity contribution in [2.75, 3.05) is 20.7 Å². The molecule has 1 aliphatic carbocycles. The van der Waals surface area contributed by atoms with Crippen molar-refractivity contribution in [3.63, 3.8) is 0 Å². The van der Waals surface area contributed by atoms with E-state index in [1.807, 2.05) is 7.11 Å². The lowest BCUT2D eigenvalue weighted by Gasteiger charge is -2.27. The zero-order valence-corrected chi connectivity index (χ0v) is 6.71. The van der Waals surface area contributed by atoms with Crippen molar-refractivity contribution in [2.45, 2.75) is 25.0 Å². The van der Waals surface area contributed by atoms with Gasteiger partial charge in [-0.25, -0.2) is 0 Å². The van der Waals surface area contributed by atoms with Crippen LogP contribution in [0.2, 0.25) is 0 Å². The summed E-state index contributed by atoms with van der Waals surface area (Å²) in [6, 6.07) is 0.860. The highest BCUT2D eigenvalue weighted by Gasteiger charge is 2.48. The summed E-state index contributed by atoms with van der Waals surface area (Å²) >= 11 is 0. The van der Waals surface area contributed by atoms with Crippen LogP contribution in [0.1, 0.15) is 12.8 Å². The number of hydrogen-bond donors (Lipinski definition) is 0. The molecule has 2 heteroatoms. The number of rotatable bonds is 1. The molecule has 0 aromatic rings. The number of nitrogens with zero attached hydrogens (tertiary/aromatic N) is 1. The molecule has 58 valence electrons. The van der Waals surface area contributed by atoms with Crippen LogP contribution in [0.5, 0.6) is 0 Å². The van der Waals surface area contributed by atoms with Gasteiger partial charge >= 0.3 is 0 Å². The maximum absolute atomic E-state index is 5.37. The smallest absolute Gasteiger partial charge is 0.0627 e. The van der Waals surface area contributed by atoms with E-state index in [0.29, 0.717) is 6.10 Å². The van der Waals surface area contributed by atoms with Crippen molar-refractivity contribution in [3.05, 3.63) is 0 Å². The summed E-state index contributed by atoms with van der Waals surface area (Å²) in [6.07, 6.45) is 3.17. The first kappa shape index (κ1) is 6.62. The molecule has 0 N–H and O–H groups in total. The van der Waals surface area contributed by atoms with E-state index in [0.717, 1.165) is 12.0 Å². The number of fused-ring (bicyclic) bond motifs is 1. The Kier molecular flexibility index (Phi) is 1.46. The van der Waals surface area contributed by atoms with E-state index in [4.69, 9.17) is 4.74 Å². The standard InChI is InChI=1S/C8H15NO/c1-9-4-3-8(10-2)6-5-7(6)9/h6-8H,3-5H2,1-2H3/t6-,7+,8?/m0/s1. The van der Waals surface area contributed by atoms with Crippen molar-refractivity contribution in [1.29, 1.82) is 0 Å². The second-order valence-corrected chi connectivity index (χ2v) is 3.51. The number of methoxy groups -OCH3 is 1. The molecule has 0 aromatic carbocycles. The number of hydrogen-bond acceptors (Lipinski definition) is 2. The molecular weight excluding hydrogens is 126 g/mol. The summed E-state index contributed by atoms with van der Waals surface area (Å²) in [6.45, 7) is 1.22. The number of piperidine rings is 1. The van der Waals surface area contributed by atoms with Crippen LogP contribution >= 0.6 is 0 Å². The van der Waals surface area contributed by atoms with E-state index in [2.05, 4.69) is 11.9 Å². The van der Waals surface area contributed by atoms with Gasteiger partial charge < -0.3 is 9.64 Å². The average molecular weight is 141 g/mol. The van der Waals surface area contributed by atoms with Crippen LogP contribution in [-0.2, 0) is 4.74 Å². The van der Waals surface area contributed by atoms with Crippen LogP contribution in [-0.4, -0.2) is 37.7 Å². The van der Waals surface area contributed by atoms with E-state index in [-0.39, 0.29) is 0 Å². The molecule has 1 unspecified atom stereocenters. The third-order valence-corrected chi connectivity index (χ3v) is 2.92. The van der Waals surface area contributed by atoms with E-state index >= 15 is 0 Å². The summed E-state index contributed by atoms with van der Waals surface area (Å²) in [5.74, 6) is 0.865. The summed E-state index contributed by atoms with van der Waals surface area (Å²) in [5, 5.41) is 0. The van der Waals surface area contributed by atoms with Gasteiger partial charge in [-0.1, -0.05) is 0 Å². The molecule has 2 fully saturated rings. The predicted octanol–water partition coefficient (Wildman–Crippen LogP) is 0.725. The molecule has 0 aromatic heterocycles. The first-order valence-corrected chi connectivity index (χ1v) is 4.06. The van der Waals surface area contributed by atoms with E-state index < -0.39 is 0 Å². The quantitative estimate of drug-likeness (QED) is 0.533. The third kappa shape index (κ3) is 0.867. The van der Waals surface area contributed by atoms with Gasteiger partial charge in [0.05, 0.1) is 6.10 Å². The Hall–Kier alpha value is -0.0800. The maximum atomic E-state index is 5.37. The second-order valence-electron chi connectivity index (χ2n) is 3.51. The van der Waals surface area contributed by atoms with Gasteiger partial charge in [0.15, 0.2) is 0 Å². The molecule has 2 rings (SSSR count). The van der Waals surface area contributed by atoms with Crippen LogP contribution in [0.3, 0.4) is 0 Å². The third-order valence-electron chi connectivity index (χ3n) is 2.92. The molecule has 1 aliphatic heterocycles. The van der Waals surface area contributed by atoms with E-state index in [1.54, 1.807) is 0 Å². The van der Waals surface area contributed by atoms with Gasteiger partial charge in [0.1, 0.15) is 0 Å². The summed E-state index contributed by atoms with van der Waals surface area (Å²) in [7, 11) is 4.06. The zero-order chi connectivity index (χ0) is 7.14. The van der Waals surface area contributed by atoms with Gasteiger partial charge in [-0.15, -0.1) is 0 Å². The Morgan fingerprint density at radius 2 is 2.30 bits per heavy atom. The molecule has 0 bridgehead atoms. The van der Waals surface area contributed by atoms with Crippen molar-refractivity contribution >= 4 is 0 Å². The molecule has 0 radical (unpaired) electrons. The predicted molar refractivity (Wildman–Crippen MR) is 39.9 cm³/mol. The molecule has 1 saturated carbocycles. The topological polar surface area (TPSA) is 12.5 Å². The van der Waals surface area contributed by atoms with Crippen LogP contribution in [0.25, 0.3) is 0 Å². The highest BCUT2D eigenvalue weighted by atomic mass is 16.5. The lowest BCUT2D eigenvalue weighted by atomic mass is 10.1. The molecule has 10 heavy (non-hydrogen) atoms. The molecule has 1 heterocycles. The Bertz CT molecular complexity index is 137. The fraction of sp³-hybridized carbons (Fsp3) is 1.00. The van der Waals surface area contributed by atoms with Crippen LogP contribution < -0.4 is 0 Å². The molecule has 1 saturated heterocycles. The minimum atomic E-state index is 0.571. The summed E-state index contributed by atoms with van der Waals surface area (Å²) in [4.78, 5) is 2.46. The molecule has 2 nitrogen and oxygen atoms in total. The lowest BCUT2D eigenvalue weighted by Crippen LogP contribution is -2.35. The first-order valence-electron chi connectivity index (χ1n) is 4.06. The maximum Gasteiger partial charge on any atom is 0.0627 e. The van der Waals surface area contributed by atoms with Crippen molar-refractivity contribution in [2.24, 2.45) is 5.92 Å². The van der Waals surface area contributed by atoms with Crippen LogP contribution in [0.4, 0.5) is 0 Å². The SMILES string of the molecule is COC1CCN(C)[C@@H]2C[C@H]12. The molecule has 2 aliphatic rings. The van der Waals surface area contributed by atoms with Gasteiger partial charge in [0.2, 0.25) is 0 Å². The van der Waals surface area contributed by atoms with Crippen LogP contribution in [0, 0.1) is 5.92 Å². The largest absolute Gasteiger partial charge is 0.381 e. The zero-order valence-electron chi connectivity index (χ0n) is 6.71. The minimum Gasteiger partial charge on any atom is -0.381 e. The highest BCUT2D eigenvalue weighted by molar-refractivity contribution is 5.02. The van der Waals surface area contributed by atoms with Crippen molar-refractivity contribution in [3.8, 4) is 0 Å². The van der Waals surface area contributed by atoms with Crippen LogP contribution in [0.15, 0.2) is 0 Å². The fourth-order valence-electron chi connectivity index (χ4n) is 2.11. The Labute approximate surface area is 62.2 Å². The number of likely N-dealkylation sites (tertiary alicyclic amines) is 1. The first-order chi connectivity index (χ1) is 4.83. The van der Waals surface area contributed by atoms with Gasteiger partial charge in [-0.2, -0.15) is 0 Å². The van der Waals surface area contributed by atoms with Gasteiger partial charge in [-0.3, -0.25) is 0 Å². The minimum absolute atomic E-state index is 0.571.